The van der Waals surface area contributed by atoms with Crippen molar-refractivity contribution in [2.24, 2.45) is 0 Å². The lowest BCUT2D eigenvalue weighted by atomic mass is 10.1. The Labute approximate surface area is 180 Å². The van der Waals surface area contributed by atoms with Crippen molar-refractivity contribution in [3.8, 4) is 11.3 Å². The minimum atomic E-state index is 0.407. The van der Waals surface area contributed by atoms with E-state index in [4.69, 9.17) is 32.4 Å². The van der Waals surface area contributed by atoms with Crippen LogP contribution in [0, 0.1) is 0 Å². The number of fused-ring (bicyclic) bond motifs is 1. The van der Waals surface area contributed by atoms with Crippen molar-refractivity contribution in [3.05, 3.63) is 65.2 Å². The smallest absolute Gasteiger partial charge is 0.225 e. The van der Waals surface area contributed by atoms with Gasteiger partial charge in [-0.1, -0.05) is 66.9 Å². The van der Waals surface area contributed by atoms with E-state index in [1.807, 2.05) is 42.5 Å². The first-order valence-electron chi connectivity index (χ1n) is 10.3. The number of anilines is 2. The van der Waals surface area contributed by atoms with Crippen LogP contribution in [0.5, 0.6) is 0 Å². The van der Waals surface area contributed by atoms with Gasteiger partial charge < -0.3 is 11.1 Å². The molecule has 0 saturated heterocycles. The van der Waals surface area contributed by atoms with Gasteiger partial charge in [-0.3, -0.25) is 0 Å². The Bertz CT molecular complexity index is 1160. The number of hydrogen-bond donors (Lipinski definition) is 2. The minimum Gasteiger partial charge on any atom is -0.383 e. The quantitative estimate of drug-likeness (QED) is 0.469. The molecule has 0 amide bonds. The monoisotopic (exact) mass is 418 g/mol. The molecule has 0 radical (unpaired) electrons. The second-order valence-electron chi connectivity index (χ2n) is 7.76. The summed E-state index contributed by atoms with van der Waals surface area (Å²) >= 11 is 6.10. The fourth-order valence-electron chi connectivity index (χ4n) is 4.07. The summed E-state index contributed by atoms with van der Waals surface area (Å²) in [6.07, 6.45) is 4.76. The van der Waals surface area contributed by atoms with Gasteiger partial charge in [-0.2, -0.15) is 4.98 Å². The van der Waals surface area contributed by atoms with Crippen molar-refractivity contribution >= 4 is 34.4 Å². The number of benzene rings is 2. The van der Waals surface area contributed by atoms with Gasteiger partial charge in [0, 0.05) is 16.6 Å². The molecule has 30 heavy (non-hydrogen) atoms. The fraction of sp³-hybridized carbons (Fsp3) is 0.261. The van der Waals surface area contributed by atoms with E-state index in [1.54, 1.807) is 4.68 Å². The lowest BCUT2D eigenvalue weighted by Gasteiger charge is -2.13. The highest BCUT2D eigenvalue weighted by molar-refractivity contribution is 6.30. The van der Waals surface area contributed by atoms with Crippen LogP contribution >= 0.6 is 11.6 Å². The van der Waals surface area contributed by atoms with E-state index in [-0.39, 0.29) is 0 Å². The molecule has 0 unspecified atom stereocenters. The van der Waals surface area contributed by atoms with Crippen LogP contribution in [0.2, 0.25) is 5.02 Å². The Morgan fingerprint density at radius 2 is 1.73 bits per heavy atom. The number of nitrogens with zero attached hydrogens (tertiary/aromatic N) is 4. The van der Waals surface area contributed by atoms with Crippen LogP contribution in [0.4, 0.5) is 11.8 Å². The van der Waals surface area contributed by atoms with Crippen molar-refractivity contribution in [3.63, 3.8) is 0 Å². The normalized spacial score (nSPS) is 14.4. The molecule has 2 heterocycles. The molecule has 4 aromatic rings. The molecule has 1 fully saturated rings. The van der Waals surface area contributed by atoms with E-state index >= 15 is 0 Å². The van der Waals surface area contributed by atoms with Crippen molar-refractivity contribution in [2.45, 2.75) is 38.3 Å². The Kier molecular flexibility index (Phi) is 5.01. The first-order valence-corrected chi connectivity index (χ1v) is 10.7. The predicted molar refractivity (Wildman–Crippen MR) is 122 cm³/mol. The number of halogens is 1. The van der Waals surface area contributed by atoms with Gasteiger partial charge in [0.15, 0.2) is 5.65 Å². The van der Waals surface area contributed by atoms with Crippen LogP contribution in [0.15, 0.2) is 54.6 Å². The number of nitrogen functional groups attached to an aromatic ring is 1. The third-order valence-electron chi connectivity index (χ3n) is 5.62. The van der Waals surface area contributed by atoms with E-state index in [0.29, 0.717) is 35.0 Å². The summed E-state index contributed by atoms with van der Waals surface area (Å²) in [4.78, 5) is 9.55. The van der Waals surface area contributed by atoms with Crippen LogP contribution in [0.3, 0.4) is 0 Å². The molecule has 2 aromatic carbocycles. The van der Waals surface area contributed by atoms with Crippen LogP contribution in [-0.2, 0) is 6.54 Å². The molecule has 0 atom stereocenters. The molecule has 152 valence electrons. The molecule has 2 aromatic heterocycles. The Morgan fingerprint density at radius 1 is 1.00 bits per heavy atom. The maximum Gasteiger partial charge on any atom is 0.225 e. The lowest BCUT2D eigenvalue weighted by molar-refractivity contribution is 0.703. The zero-order valence-electron chi connectivity index (χ0n) is 16.6. The average Bonchev–Trinajstić information content (AvgIpc) is 3.37. The highest BCUT2D eigenvalue weighted by Gasteiger charge is 2.21. The van der Waals surface area contributed by atoms with Crippen LogP contribution < -0.4 is 11.1 Å². The molecule has 7 heteroatoms. The zero-order chi connectivity index (χ0) is 20.5. The van der Waals surface area contributed by atoms with Gasteiger partial charge in [-0.15, -0.1) is 5.10 Å². The Morgan fingerprint density at radius 3 is 2.47 bits per heavy atom. The van der Waals surface area contributed by atoms with Crippen molar-refractivity contribution in [1.29, 1.82) is 0 Å². The molecule has 6 nitrogen and oxygen atoms in total. The van der Waals surface area contributed by atoms with Gasteiger partial charge in [-0.05, 0) is 30.5 Å². The summed E-state index contributed by atoms with van der Waals surface area (Å²) in [7, 11) is 0. The summed E-state index contributed by atoms with van der Waals surface area (Å²) in [5.74, 6) is 1.16. The Hall–Kier alpha value is -3.12. The maximum absolute atomic E-state index is 6.54. The summed E-state index contributed by atoms with van der Waals surface area (Å²) in [5, 5.41) is 9.67. The SMILES string of the molecule is Nc1c2c(-c3ccc(Cl)cc3)nc(NC3CCCC3)nc2nn1Cc1ccccc1. The number of nitrogens with one attached hydrogen (secondary N) is 1. The molecule has 0 bridgehead atoms. The molecule has 1 aliphatic carbocycles. The summed E-state index contributed by atoms with van der Waals surface area (Å²) < 4.78 is 1.80. The van der Waals surface area contributed by atoms with Gasteiger partial charge in [0.2, 0.25) is 5.95 Å². The standard InChI is InChI=1S/C23H23ClN6/c24-17-12-10-16(11-13-17)20-19-21(25)30(14-15-6-2-1-3-7-15)29-22(19)28-23(27-20)26-18-8-4-5-9-18/h1-3,6-7,10-13,18H,4-5,8-9,14,25H2,(H,26,28,29). The van der Waals surface area contributed by atoms with E-state index in [0.717, 1.165) is 35.0 Å². The van der Waals surface area contributed by atoms with Crippen molar-refractivity contribution in [2.75, 3.05) is 11.1 Å². The van der Waals surface area contributed by atoms with Gasteiger partial charge in [-0.25, -0.2) is 9.67 Å². The van der Waals surface area contributed by atoms with Gasteiger partial charge in [0.05, 0.1) is 17.6 Å². The second-order valence-corrected chi connectivity index (χ2v) is 8.19. The zero-order valence-corrected chi connectivity index (χ0v) is 17.3. The summed E-state index contributed by atoms with van der Waals surface area (Å²) in [6.45, 7) is 0.578. The summed E-state index contributed by atoms with van der Waals surface area (Å²) in [6, 6.07) is 18.2. The molecular weight excluding hydrogens is 396 g/mol. The summed E-state index contributed by atoms with van der Waals surface area (Å²) in [5.41, 5.74) is 9.98. The molecule has 1 aliphatic rings. The first kappa shape index (κ1) is 18.9. The topological polar surface area (TPSA) is 81.7 Å². The van der Waals surface area contributed by atoms with E-state index in [9.17, 15) is 0 Å². The molecule has 0 spiro atoms. The van der Waals surface area contributed by atoms with Crippen molar-refractivity contribution < 1.29 is 0 Å². The number of nitrogens with two attached hydrogens (primary N) is 1. The molecule has 3 N–H and O–H groups in total. The van der Waals surface area contributed by atoms with Crippen molar-refractivity contribution in [1.82, 2.24) is 19.7 Å². The molecule has 5 rings (SSSR count). The maximum atomic E-state index is 6.54. The highest BCUT2D eigenvalue weighted by Crippen LogP contribution is 2.33. The van der Waals surface area contributed by atoms with Gasteiger partial charge in [0.1, 0.15) is 5.82 Å². The van der Waals surface area contributed by atoms with E-state index in [1.165, 1.54) is 12.8 Å². The third kappa shape index (κ3) is 3.71. The molecular formula is C23H23ClN6. The average molecular weight is 419 g/mol. The van der Waals surface area contributed by atoms with E-state index < -0.39 is 0 Å². The minimum absolute atomic E-state index is 0.407. The predicted octanol–water partition coefficient (Wildman–Crippen LogP) is 5.13. The number of aromatic nitrogens is 4. The van der Waals surface area contributed by atoms with Gasteiger partial charge >= 0.3 is 0 Å². The first-order chi connectivity index (χ1) is 14.7. The molecule has 0 aliphatic heterocycles. The highest BCUT2D eigenvalue weighted by atomic mass is 35.5. The Balaban J connectivity index is 1.62. The largest absolute Gasteiger partial charge is 0.383 e. The van der Waals surface area contributed by atoms with E-state index in [2.05, 4.69) is 17.4 Å². The number of hydrogen-bond acceptors (Lipinski definition) is 5. The van der Waals surface area contributed by atoms with Gasteiger partial charge in [0.25, 0.3) is 0 Å². The number of rotatable bonds is 5. The second kappa shape index (κ2) is 7.95. The van der Waals surface area contributed by atoms with Crippen LogP contribution in [0.1, 0.15) is 31.2 Å². The third-order valence-corrected chi connectivity index (χ3v) is 5.87. The molecule has 1 saturated carbocycles. The van der Waals surface area contributed by atoms with Crippen LogP contribution in [0.25, 0.3) is 22.3 Å². The van der Waals surface area contributed by atoms with Crippen LogP contribution in [-0.4, -0.2) is 25.8 Å². The lowest BCUT2D eigenvalue weighted by Crippen LogP contribution is -2.17. The fourth-order valence-corrected chi connectivity index (χ4v) is 4.19.